The standard InChI is InChI=1S/C17H26N2O.ClH/c1-14(13-18)17(20)19(16-9-5-6-10-16)12-11-15-7-3-2-4-8-15;/h2-4,7-8,14,16H,5-6,9-13,18H2,1H3;1H. The van der Waals surface area contributed by atoms with E-state index in [0.717, 1.165) is 25.8 Å². The van der Waals surface area contributed by atoms with E-state index in [-0.39, 0.29) is 24.2 Å². The summed E-state index contributed by atoms with van der Waals surface area (Å²) in [5, 5.41) is 0. The van der Waals surface area contributed by atoms with Crippen molar-refractivity contribution >= 4 is 18.3 Å². The summed E-state index contributed by atoms with van der Waals surface area (Å²) in [6.45, 7) is 3.19. The molecule has 0 aromatic heterocycles. The molecule has 1 unspecified atom stereocenters. The number of rotatable bonds is 6. The van der Waals surface area contributed by atoms with Crippen molar-refractivity contribution in [3.05, 3.63) is 35.9 Å². The summed E-state index contributed by atoms with van der Waals surface area (Å²) in [6, 6.07) is 10.8. The van der Waals surface area contributed by atoms with Gasteiger partial charge in [-0.3, -0.25) is 4.79 Å². The minimum Gasteiger partial charge on any atom is -0.339 e. The van der Waals surface area contributed by atoms with Crippen LogP contribution < -0.4 is 5.73 Å². The molecule has 1 aliphatic carbocycles. The van der Waals surface area contributed by atoms with Crippen molar-refractivity contribution in [2.24, 2.45) is 11.7 Å². The lowest BCUT2D eigenvalue weighted by molar-refractivity contribution is -0.137. The molecule has 4 heteroatoms. The van der Waals surface area contributed by atoms with E-state index >= 15 is 0 Å². The molecule has 1 atom stereocenters. The van der Waals surface area contributed by atoms with Crippen molar-refractivity contribution < 1.29 is 4.79 Å². The van der Waals surface area contributed by atoms with Gasteiger partial charge in [0.1, 0.15) is 0 Å². The number of carbonyl (C=O) groups is 1. The fourth-order valence-electron chi connectivity index (χ4n) is 2.97. The molecular formula is C17H27ClN2O. The van der Waals surface area contributed by atoms with Gasteiger partial charge >= 0.3 is 0 Å². The van der Waals surface area contributed by atoms with E-state index in [2.05, 4.69) is 29.2 Å². The molecule has 1 aromatic carbocycles. The van der Waals surface area contributed by atoms with Crippen LogP contribution in [0.4, 0.5) is 0 Å². The molecule has 118 valence electrons. The smallest absolute Gasteiger partial charge is 0.226 e. The Morgan fingerprint density at radius 3 is 2.48 bits per heavy atom. The van der Waals surface area contributed by atoms with Gasteiger partial charge < -0.3 is 10.6 Å². The van der Waals surface area contributed by atoms with Gasteiger partial charge in [-0.1, -0.05) is 50.1 Å². The van der Waals surface area contributed by atoms with Crippen LogP contribution in [0, 0.1) is 5.92 Å². The van der Waals surface area contributed by atoms with Crippen LogP contribution in [0.25, 0.3) is 0 Å². The molecule has 1 aliphatic rings. The summed E-state index contributed by atoms with van der Waals surface area (Å²) in [7, 11) is 0. The van der Waals surface area contributed by atoms with Crippen LogP contribution in [0.1, 0.15) is 38.2 Å². The van der Waals surface area contributed by atoms with Gasteiger partial charge in [0, 0.05) is 25.0 Å². The Morgan fingerprint density at radius 1 is 1.29 bits per heavy atom. The van der Waals surface area contributed by atoms with Gasteiger partial charge in [0.2, 0.25) is 5.91 Å². The van der Waals surface area contributed by atoms with Crippen molar-refractivity contribution in [3.8, 4) is 0 Å². The normalized spacial score (nSPS) is 16.3. The summed E-state index contributed by atoms with van der Waals surface area (Å²) in [4.78, 5) is 14.6. The Bertz CT molecular complexity index is 418. The first-order chi connectivity index (χ1) is 9.72. The number of hydrogen-bond donors (Lipinski definition) is 1. The molecule has 0 heterocycles. The Balaban J connectivity index is 0.00000220. The highest BCUT2D eigenvalue weighted by Gasteiger charge is 2.28. The maximum absolute atomic E-state index is 12.5. The van der Waals surface area contributed by atoms with Crippen LogP contribution in [0.15, 0.2) is 30.3 Å². The second-order valence-corrected chi connectivity index (χ2v) is 5.84. The maximum atomic E-state index is 12.5. The number of nitrogens with zero attached hydrogens (tertiary/aromatic N) is 1. The van der Waals surface area contributed by atoms with Gasteiger partial charge in [-0.15, -0.1) is 12.4 Å². The minimum absolute atomic E-state index is 0. The summed E-state index contributed by atoms with van der Waals surface area (Å²) < 4.78 is 0. The molecular weight excluding hydrogens is 284 g/mol. The highest BCUT2D eigenvalue weighted by molar-refractivity contribution is 5.85. The van der Waals surface area contributed by atoms with Gasteiger partial charge in [-0.2, -0.15) is 0 Å². The van der Waals surface area contributed by atoms with E-state index in [1.807, 2.05) is 13.0 Å². The van der Waals surface area contributed by atoms with Crippen molar-refractivity contribution in [2.45, 2.75) is 45.1 Å². The Hall–Kier alpha value is -1.06. The Morgan fingerprint density at radius 2 is 1.90 bits per heavy atom. The summed E-state index contributed by atoms with van der Waals surface area (Å²) in [5.74, 6) is 0.168. The SMILES string of the molecule is CC(CN)C(=O)N(CCc1ccccc1)C1CCCC1.Cl. The third-order valence-electron chi connectivity index (χ3n) is 4.31. The van der Waals surface area contributed by atoms with Crippen molar-refractivity contribution in [3.63, 3.8) is 0 Å². The molecule has 0 aliphatic heterocycles. The van der Waals surface area contributed by atoms with Gasteiger partial charge in [-0.05, 0) is 24.8 Å². The third kappa shape index (κ3) is 5.01. The van der Waals surface area contributed by atoms with E-state index in [0.29, 0.717) is 12.6 Å². The molecule has 3 nitrogen and oxygen atoms in total. The molecule has 0 bridgehead atoms. The van der Waals surface area contributed by atoms with Crippen molar-refractivity contribution in [2.75, 3.05) is 13.1 Å². The van der Waals surface area contributed by atoms with Crippen molar-refractivity contribution in [1.82, 2.24) is 4.90 Å². The first kappa shape index (κ1) is 18.0. The van der Waals surface area contributed by atoms with Crippen LogP contribution in [0.3, 0.4) is 0 Å². The second-order valence-electron chi connectivity index (χ2n) is 5.84. The molecule has 1 fully saturated rings. The monoisotopic (exact) mass is 310 g/mol. The fraction of sp³-hybridized carbons (Fsp3) is 0.588. The number of amides is 1. The topological polar surface area (TPSA) is 46.3 Å². The largest absolute Gasteiger partial charge is 0.339 e. The van der Waals surface area contributed by atoms with Gasteiger partial charge in [0.15, 0.2) is 0 Å². The number of halogens is 1. The number of carbonyl (C=O) groups excluding carboxylic acids is 1. The van der Waals surface area contributed by atoms with Gasteiger partial charge in [0.05, 0.1) is 0 Å². The summed E-state index contributed by atoms with van der Waals surface area (Å²) in [6.07, 6.45) is 5.73. The lowest BCUT2D eigenvalue weighted by Crippen LogP contribution is -2.44. The zero-order chi connectivity index (χ0) is 14.4. The fourth-order valence-corrected chi connectivity index (χ4v) is 2.97. The van der Waals surface area contributed by atoms with Crippen LogP contribution in [0.5, 0.6) is 0 Å². The van der Waals surface area contributed by atoms with E-state index < -0.39 is 0 Å². The van der Waals surface area contributed by atoms with Gasteiger partial charge in [-0.25, -0.2) is 0 Å². The zero-order valence-electron chi connectivity index (χ0n) is 12.8. The Labute approximate surface area is 134 Å². The lowest BCUT2D eigenvalue weighted by atomic mass is 10.1. The average Bonchev–Trinajstić information content (AvgIpc) is 3.01. The highest BCUT2D eigenvalue weighted by atomic mass is 35.5. The number of hydrogen-bond acceptors (Lipinski definition) is 2. The van der Waals surface area contributed by atoms with Crippen LogP contribution >= 0.6 is 12.4 Å². The van der Waals surface area contributed by atoms with E-state index in [1.54, 1.807) is 0 Å². The molecule has 1 aromatic rings. The molecule has 0 spiro atoms. The van der Waals surface area contributed by atoms with E-state index in [9.17, 15) is 4.79 Å². The third-order valence-corrected chi connectivity index (χ3v) is 4.31. The highest BCUT2D eigenvalue weighted by Crippen LogP contribution is 2.25. The predicted molar refractivity (Wildman–Crippen MR) is 89.6 cm³/mol. The second kappa shape index (κ2) is 9.06. The van der Waals surface area contributed by atoms with E-state index in [1.165, 1.54) is 18.4 Å². The quantitative estimate of drug-likeness (QED) is 0.878. The van der Waals surface area contributed by atoms with Crippen LogP contribution in [-0.4, -0.2) is 29.9 Å². The molecule has 21 heavy (non-hydrogen) atoms. The van der Waals surface area contributed by atoms with Crippen LogP contribution in [0.2, 0.25) is 0 Å². The first-order valence-electron chi connectivity index (χ1n) is 7.77. The molecule has 0 saturated heterocycles. The van der Waals surface area contributed by atoms with E-state index in [4.69, 9.17) is 5.73 Å². The summed E-state index contributed by atoms with van der Waals surface area (Å²) in [5.41, 5.74) is 6.96. The molecule has 1 amide bonds. The number of nitrogens with two attached hydrogens (primary N) is 1. The number of benzene rings is 1. The molecule has 2 N–H and O–H groups in total. The molecule has 0 radical (unpaired) electrons. The van der Waals surface area contributed by atoms with Crippen molar-refractivity contribution in [1.29, 1.82) is 0 Å². The maximum Gasteiger partial charge on any atom is 0.226 e. The molecule has 2 rings (SSSR count). The summed E-state index contributed by atoms with van der Waals surface area (Å²) >= 11 is 0. The lowest BCUT2D eigenvalue weighted by Gasteiger charge is -2.31. The first-order valence-corrected chi connectivity index (χ1v) is 7.77. The predicted octanol–water partition coefficient (Wildman–Crippen LogP) is 3.02. The zero-order valence-corrected chi connectivity index (χ0v) is 13.6. The minimum atomic E-state index is -0.0635. The van der Waals surface area contributed by atoms with Gasteiger partial charge in [0.25, 0.3) is 0 Å². The van der Waals surface area contributed by atoms with Crippen LogP contribution in [-0.2, 0) is 11.2 Å². The average molecular weight is 311 g/mol. The Kier molecular flexibility index (Phi) is 7.76. The molecule has 1 saturated carbocycles.